The Morgan fingerprint density at radius 1 is 1.04 bits per heavy atom. The molecule has 1 saturated heterocycles. The molecule has 1 atom stereocenters. The average molecular weight is 391 g/mol. The molecule has 1 aromatic carbocycles. The molecule has 1 fully saturated rings. The Kier molecular flexibility index (Phi) is 4.86. The quantitative estimate of drug-likeness (QED) is 0.810. The van der Waals surface area contributed by atoms with Gasteiger partial charge in [0.25, 0.3) is 10.0 Å². The molecule has 2 aliphatic rings. The molecule has 0 saturated carbocycles. The van der Waals surface area contributed by atoms with Gasteiger partial charge in [-0.2, -0.15) is 4.31 Å². The Hall–Kier alpha value is -1.70. The summed E-state index contributed by atoms with van der Waals surface area (Å²) in [5.41, 5.74) is 2.44. The van der Waals surface area contributed by atoms with E-state index < -0.39 is 16.1 Å². The van der Waals surface area contributed by atoms with E-state index in [4.69, 9.17) is 0 Å². The minimum atomic E-state index is -3.61. The van der Waals surface area contributed by atoms with Crippen LogP contribution in [0.5, 0.6) is 0 Å². The molecule has 4 rings (SSSR count). The van der Waals surface area contributed by atoms with E-state index in [-0.39, 0.29) is 5.91 Å². The maximum absolute atomic E-state index is 13.2. The summed E-state index contributed by atoms with van der Waals surface area (Å²) in [6.45, 7) is 1.64. The van der Waals surface area contributed by atoms with Crippen molar-refractivity contribution in [2.75, 3.05) is 13.1 Å². The van der Waals surface area contributed by atoms with Gasteiger partial charge >= 0.3 is 0 Å². The molecule has 0 bridgehead atoms. The molecule has 138 valence electrons. The molecular formula is C19H22N2O3S2. The van der Waals surface area contributed by atoms with Gasteiger partial charge in [0.1, 0.15) is 10.3 Å². The van der Waals surface area contributed by atoms with Gasteiger partial charge in [0.15, 0.2) is 0 Å². The fraction of sp³-hybridized carbons (Fsp3) is 0.421. The van der Waals surface area contributed by atoms with Crippen LogP contribution < -0.4 is 0 Å². The average Bonchev–Trinajstić information content (AvgIpc) is 3.23. The molecule has 0 N–H and O–H groups in total. The highest BCUT2D eigenvalue weighted by Crippen LogP contribution is 2.30. The van der Waals surface area contributed by atoms with E-state index in [1.165, 1.54) is 21.2 Å². The summed E-state index contributed by atoms with van der Waals surface area (Å²) in [6, 6.07) is 10.9. The van der Waals surface area contributed by atoms with Crippen LogP contribution >= 0.6 is 11.3 Å². The molecular weight excluding hydrogens is 368 g/mol. The van der Waals surface area contributed by atoms with E-state index in [0.717, 1.165) is 24.8 Å². The van der Waals surface area contributed by atoms with E-state index in [2.05, 4.69) is 12.1 Å². The fourth-order valence-electron chi connectivity index (χ4n) is 3.86. The lowest BCUT2D eigenvalue weighted by Crippen LogP contribution is -2.53. The first-order valence-corrected chi connectivity index (χ1v) is 11.3. The second-order valence-electron chi connectivity index (χ2n) is 6.84. The van der Waals surface area contributed by atoms with Crippen LogP contribution in [0.1, 0.15) is 30.4 Å². The Labute approximate surface area is 158 Å². The molecule has 26 heavy (non-hydrogen) atoms. The standard InChI is InChI=1S/C19H22N2O3S2/c22-19(20-12-10-15-6-1-2-7-16(15)14-20)17-8-3-4-11-21(17)26(23,24)18-9-5-13-25-18/h1-2,5-7,9,13,17H,3-4,8,10-12,14H2/t17-/m1/s1. The van der Waals surface area contributed by atoms with Gasteiger partial charge in [-0.1, -0.05) is 36.8 Å². The third kappa shape index (κ3) is 3.19. The maximum Gasteiger partial charge on any atom is 0.253 e. The number of nitrogens with zero attached hydrogens (tertiary/aromatic N) is 2. The Morgan fingerprint density at radius 3 is 2.62 bits per heavy atom. The first-order chi connectivity index (χ1) is 12.6. The highest BCUT2D eigenvalue weighted by atomic mass is 32.2. The van der Waals surface area contributed by atoms with Crippen LogP contribution in [0, 0.1) is 0 Å². The second kappa shape index (κ2) is 7.13. The summed E-state index contributed by atoms with van der Waals surface area (Å²) in [6.07, 6.45) is 3.11. The largest absolute Gasteiger partial charge is 0.337 e. The van der Waals surface area contributed by atoms with Gasteiger partial charge in [-0.25, -0.2) is 8.42 Å². The van der Waals surface area contributed by atoms with Crippen LogP contribution in [-0.2, 0) is 27.8 Å². The smallest absolute Gasteiger partial charge is 0.253 e. The lowest BCUT2D eigenvalue weighted by atomic mass is 9.98. The van der Waals surface area contributed by atoms with Crippen molar-refractivity contribution < 1.29 is 13.2 Å². The van der Waals surface area contributed by atoms with E-state index in [1.54, 1.807) is 17.5 Å². The minimum Gasteiger partial charge on any atom is -0.337 e. The van der Waals surface area contributed by atoms with E-state index in [1.807, 2.05) is 17.0 Å². The van der Waals surface area contributed by atoms with Crippen molar-refractivity contribution >= 4 is 27.3 Å². The molecule has 0 spiro atoms. The van der Waals surface area contributed by atoms with Crippen LogP contribution in [0.3, 0.4) is 0 Å². The minimum absolute atomic E-state index is 0.0562. The predicted octanol–water partition coefficient (Wildman–Crippen LogP) is 2.88. The SMILES string of the molecule is O=C([C@H]1CCCCN1S(=O)(=O)c1cccs1)N1CCc2ccccc2C1. The Bertz CT molecular complexity index is 893. The van der Waals surface area contributed by atoms with Crippen LogP contribution in [-0.4, -0.2) is 42.7 Å². The predicted molar refractivity (Wildman–Crippen MR) is 101 cm³/mol. The van der Waals surface area contributed by atoms with Gasteiger partial charge in [-0.05, 0) is 41.8 Å². The summed E-state index contributed by atoms with van der Waals surface area (Å²) in [4.78, 5) is 15.0. The molecule has 3 heterocycles. The van der Waals surface area contributed by atoms with Crippen molar-refractivity contribution in [1.29, 1.82) is 0 Å². The van der Waals surface area contributed by atoms with Crippen LogP contribution in [0.25, 0.3) is 0 Å². The Balaban J connectivity index is 1.58. The van der Waals surface area contributed by atoms with Crippen LogP contribution in [0.2, 0.25) is 0 Å². The zero-order valence-electron chi connectivity index (χ0n) is 14.5. The second-order valence-corrected chi connectivity index (χ2v) is 9.90. The van der Waals surface area contributed by atoms with Crippen molar-refractivity contribution in [3.8, 4) is 0 Å². The molecule has 0 radical (unpaired) electrons. The molecule has 1 aromatic heterocycles. The van der Waals surface area contributed by atoms with Crippen molar-refractivity contribution in [2.45, 2.75) is 42.5 Å². The normalized spacial score (nSPS) is 21.4. The van der Waals surface area contributed by atoms with Crippen LogP contribution in [0.15, 0.2) is 46.0 Å². The van der Waals surface area contributed by atoms with Gasteiger partial charge in [0.2, 0.25) is 5.91 Å². The molecule has 7 heteroatoms. The lowest BCUT2D eigenvalue weighted by molar-refractivity contribution is -0.137. The number of thiophene rings is 1. The van der Waals surface area contributed by atoms with E-state index in [0.29, 0.717) is 30.3 Å². The lowest BCUT2D eigenvalue weighted by Gasteiger charge is -2.38. The van der Waals surface area contributed by atoms with Gasteiger partial charge in [0.05, 0.1) is 0 Å². The summed E-state index contributed by atoms with van der Waals surface area (Å²) in [5, 5.41) is 1.76. The van der Waals surface area contributed by atoms with Gasteiger partial charge in [0, 0.05) is 19.6 Å². The number of piperidine rings is 1. The maximum atomic E-state index is 13.2. The highest BCUT2D eigenvalue weighted by Gasteiger charge is 2.40. The fourth-order valence-corrected chi connectivity index (χ4v) is 6.63. The third-order valence-corrected chi connectivity index (χ3v) is 8.52. The number of hydrogen-bond donors (Lipinski definition) is 0. The van der Waals surface area contributed by atoms with Gasteiger partial charge in [-0.3, -0.25) is 4.79 Å². The molecule has 1 amide bonds. The molecule has 0 aliphatic carbocycles. The van der Waals surface area contributed by atoms with Crippen molar-refractivity contribution in [2.24, 2.45) is 0 Å². The number of rotatable bonds is 3. The Morgan fingerprint density at radius 2 is 1.85 bits per heavy atom. The van der Waals surface area contributed by atoms with Crippen LogP contribution in [0.4, 0.5) is 0 Å². The zero-order valence-corrected chi connectivity index (χ0v) is 16.1. The summed E-state index contributed by atoms with van der Waals surface area (Å²) < 4.78 is 27.8. The number of amides is 1. The third-order valence-electron chi connectivity index (χ3n) is 5.24. The number of fused-ring (bicyclic) bond motifs is 1. The van der Waals surface area contributed by atoms with Crippen molar-refractivity contribution in [1.82, 2.24) is 9.21 Å². The summed E-state index contributed by atoms with van der Waals surface area (Å²) >= 11 is 1.21. The van der Waals surface area contributed by atoms with Crippen molar-refractivity contribution in [3.63, 3.8) is 0 Å². The molecule has 0 unspecified atom stereocenters. The molecule has 2 aliphatic heterocycles. The summed E-state index contributed by atoms with van der Waals surface area (Å²) in [5.74, 6) is -0.0562. The number of sulfonamides is 1. The molecule has 2 aromatic rings. The number of benzene rings is 1. The zero-order chi connectivity index (χ0) is 18.1. The topological polar surface area (TPSA) is 57.7 Å². The monoisotopic (exact) mass is 390 g/mol. The number of carbonyl (C=O) groups excluding carboxylic acids is 1. The molecule has 5 nitrogen and oxygen atoms in total. The first kappa shape index (κ1) is 17.7. The van der Waals surface area contributed by atoms with E-state index in [9.17, 15) is 13.2 Å². The number of hydrogen-bond acceptors (Lipinski definition) is 4. The van der Waals surface area contributed by atoms with E-state index >= 15 is 0 Å². The van der Waals surface area contributed by atoms with Gasteiger partial charge < -0.3 is 4.90 Å². The van der Waals surface area contributed by atoms with Gasteiger partial charge in [-0.15, -0.1) is 11.3 Å². The summed E-state index contributed by atoms with van der Waals surface area (Å²) in [7, 11) is -3.61. The highest BCUT2D eigenvalue weighted by molar-refractivity contribution is 7.91. The number of carbonyl (C=O) groups is 1. The first-order valence-electron chi connectivity index (χ1n) is 8.98. The van der Waals surface area contributed by atoms with Crippen molar-refractivity contribution in [3.05, 3.63) is 52.9 Å².